The van der Waals surface area contributed by atoms with Crippen LogP contribution in [0.15, 0.2) is 17.4 Å². The molecule has 2 rings (SSSR count). The van der Waals surface area contributed by atoms with E-state index in [1.165, 1.54) is 11.8 Å². The minimum atomic E-state index is -0.835. The maximum atomic E-state index is 10.8. The number of fused-ring (bicyclic) bond motifs is 1. The molecule has 0 saturated carbocycles. The molecular formula is C15H21N3O2S. The number of carbonyl (C=O) groups is 1. The van der Waals surface area contributed by atoms with E-state index in [2.05, 4.69) is 35.3 Å². The fourth-order valence-corrected chi connectivity index (χ4v) is 2.75. The van der Waals surface area contributed by atoms with Gasteiger partial charge in [0, 0.05) is 12.7 Å². The van der Waals surface area contributed by atoms with Crippen LogP contribution in [0.4, 0.5) is 0 Å². The molecule has 0 aliphatic heterocycles. The number of rotatable bonds is 6. The summed E-state index contributed by atoms with van der Waals surface area (Å²) in [6.45, 7) is 9.32. The van der Waals surface area contributed by atoms with E-state index in [-0.39, 0.29) is 11.2 Å². The molecule has 0 aliphatic rings. The molecule has 0 fully saturated rings. The highest BCUT2D eigenvalue weighted by Crippen LogP contribution is 2.30. The molecule has 1 N–H and O–H groups in total. The van der Waals surface area contributed by atoms with Gasteiger partial charge in [0.1, 0.15) is 5.52 Å². The molecule has 0 radical (unpaired) electrons. The molecule has 0 aromatic carbocycles. The monoisotopic (exact) mass is 307 g/mol. The quantitative estimate of drug-likeness (QED) is 0.829. The molecule has 2 heterocycles. The highest BCUT2D eigenvalue weighted by Gasteiger charge is 2.22. The van der Waals surface area contributed by atoms with E-state index in [0.29, 0.717) is 0 Å². The van der Waals surface area contributed by atoms with Gasteiger partial charge in [-0.3, -0.25) is 4.79 Å². The normalized spacial score (nSPS) is 12.0. The van der Waals surface area contributed by atoms with Crippen molar-refractivity contribution in [1.82, 2.24) is 14.5 Å². The molecule has 0 atom stereocenters. The van der Waals surface area contributed by atoms with E-state index < -0.39 is 5.97 Å². The predicted molar refractivity (Wildman–Crippen MR) is 84.7 cm³/mol. The van der Waals surface area contributed by atoms with Gasteiger partial charge >= 0.3 is 5.97 Å². The van der Waals surface area contributed by atoms with Gasteiger partial charge in [0.05, 0.1) is 5.75 Å². The highest BCUT2D eigenvalue weighted by atomic mass is 32.2. The van der Waals surface area contributed by atoms with Crippen LogP contribution in [0.25, 0.3) is 11.2 Å². The third-order valence-electron chi connectivity index (χ3n) is 3.67. The van der Waals surface area contributed by atoms with Crippen LogP contribution in [-0.4, -0.2) is 31.4 Å². The van der Waals surface area contributed by atoms with Gasteiger partial charge in [-0.1, -0.05) is 32.5 Å². The summed E-state index contributed by atoms with van der Waals surface area (Å²) in [4.78, 5) is 19.9. The minimum absolute atomic E-state index is 0.00885. The Morgan fingerprint density at radius 3 is 2.81 bits per heavy atom. The average molecular weight is 307 g/mol. The standard InChI is InChI=1S/C15H21N3O2S/c1-5-15(3,4)9-18-13-12(10(2)6-7-16-13)17-14(18)21-8-11(19)20/h6-7H,5,8-9H2,1-4H3,(H,19,20). The number of carboxylic acid groups (broad SMARTS) is 1. The van der Waals surface area contributed by atoms with Crippen molar-refractivity contribution in [2.75, 3.05) is 5.75 Å². The third-order valence-corrected chi connectivity index (χ3v) is 4.63. The number of pyridine rings is 1. The van der Waals surface area contributed by atoms with Crippen molar-refractivity contribution in [3.05, 3.63) is 17.8 Å². The van der Waals surface area contributed by atoms with Crippen LogP contribution in [0, 0.1) is 12.3 Å². The van der Waals surface area contributed by atoms with Gasteiger partial charge < -0.3 is 9.67 Å². The van der Waals surface area contributed by atoms with Crippen LogP contribution in [-0.2, 0) is 11.3 Å². The number of aliphatic carboxylic acids is 1. The Labute approximate surface area is 128 Å². The summed E-state index contributed by atoms with van der Waals surface area (Å²) < 4.78 is 2.05. The van der Waals surface area contributed by atoms with E-state index in [1.54, 1.807) is 6.20 Å². The number of nitrogens with zero attached hydrogens (tertiary/aromatic N) is 3. The van der Waals surface area contributed by atoms with E-state index in [4.69, 9.17) is 5.11 Å². The molecule has 2 aromatic rings. The molecular weight excluding hydrogens is 286 g/mol. The van der Waals surface area contributed by atoms with E-state index in [0.717, 1.165) is 34.8 Å². The summed E-state index contributed by atoms with van der Waals surface area (Å²) in [5.41, 5.74) is 2.87. The Kier molecular flexibility index (Phi) is 4.56. The number of thioether (sulfide) groups is 1. The van der Waals surface area contributed by atoms with Crippen molar-refractivity contribution in [1.29, 1.82) is 0 Å². The van der Waals surface area contributed by atoms with Crippen LogP contribution >= 0.6 is 11.8 Å². The Morgan fingerprint density at radius 2 is 2.19 bits per heavy atom. The lowest BCUT2D eigenvalue weighted by molar-refractivity contribution is -0.133. The SMILES string of the molecule is CCC(C)(C)Cn1c(SCC(=O)O)nc2c(C)ccnc21. The molecule has 5 nitrogen and oxygen atoms in total. The van der Waals surface area contributed by atoms with Crippen molar-refractivity contribution >= 4 is 28.9 Å². The topological polar surface area (TPSA) is 68.0 Å². The van der Waals surface area contributed by atoms with Gasteiger partial charge in [-0.2, -0.15) is 0 Å². The zero-order chi connectivity index (χ0) is 15.6. The average Bonchev–Trinajstić information content (AvgIpc) is 2.76. The number of aromatic nitrogens is 3. The van der Waals surface area contributed by atoms with Crippen molar-refractivity contribution in [2.24, 2.45) is 5.41 Å². The molecule has 0 bridgehead atoms. The largest absolute Gasteiger partial charge is 0.481 e. The summed E-state index contributed by atoms with van der Waals surface area (Å²) in [7, 11) is 0. The van der Waals surface area contributed by atoms with Gasteiger partial charge in [-0.15, -0.1) is 0 Å². The molecule has 114 valence electrons. The minimum Gasteiger partial charge on any atom is -0.481 e. The van der Waals surface area contributed by atoms with Crippen LogP contribution in [0.2, 0.25) is 0 Å². The van der Waals surface area contributed by atoms with Gasteiger partial charge in [0.15, 0.2) is 10.8 Å². The Balaban J connectivity index is 2.49. The summed E-state index contributed by atoms with van der Waals surface area (Å²) in [6.07, 6.45) is 2.81. The zero-order valence-corrected chi connectivity index (χ0v) is 13.7. The van der Waals surface area contributed by atoms with Crippen LogP contribution in [0.5, 0.6) is 0 Å². The second kappa shape index (κ2) is 6.05. The van der Waals surface area contributed by atoms with Crippen molar-refractivity contribution < 1.29 is 9.90 Å². The molecule has 0 aliphatic carbocycles. The molecule has 2 aromatic heterocycles. The highest BCUT2D eigenvalue weighted by molar-refractivity contribution is 7.99. The van der Waals surface area contributed by atoms with Crippen molar-refractivity contribution in [3.8, 4) is 0 Å². The fraction of sp³-hybridized carbons (Fsp3) is 0.533. The van der Waals surface area contributed by atoms with Gasteiger partial charge in [0.25, 0.3) is 0 Å². The lowest BCUT2D eigenvalue weighted by Crippen LogP contribution is -2.19. The van der Waals surface area contributed by atoms with Crippen molar-refractivity contribution in [3.63, 3.8) is 0 Å². The third kappa shape index (κ3) is 3.56. The Hall–Kier alpha value is -1.56. The van der Waals surface area contributed by atoms with E-state index >= 15 is 0 Å². The number of hydrogen-bond donors (Lipinski definition) is 1. The van der Waals surface area contributed by atoms with Gasteiger partial charge in [-0.25, -0.2) is 9.97 Å². The second-order valence-electron chi connectivity index (χ2n) is 5.98. The number of aryl methyl sites for hydroxylation is 1. The van der Waals surface area contributed by atoms with Crippen LogP contribution in [0.3, 0.4) is 0 Å². The first kappa shape index (κ1) is 15.8. The smallest absolute Gasteiger partial charge is 0.313 e. The van der Waals surface area contributed by atoms with Gasteiger partial charge in [0.2, 0.25) is 0 Å². The second-order valence-corrected chi connectivity index (χ2v) is 6.92. The van der Waals surface area contributed by atoms with E-state index in [1.807, 2.05) is 13.0 Å². The first-order chi connectivity index (χ1) is 9.84. The van der Waals surface area contributed by atoms with E-state index in [9.17, 15) is 4.79 Å². The molecule has 0 spiro atoms. The molecule has 0 saturated heterocycles. The molecule has 0 amide bonds. The van der Waals surface area contributed by atoms with Crippen molar-refractivity contribution in [2.45, 2.75) is 45.8 Å². The molecule has 21 heavy (non-hydrogen) atoms. The predicted octanol–water partition coefficient (Wildman–Crippen LogP) is 3.35. The maximum absolute atomic E-state index is 10.8. The first-order valence-electron chi connectivity index (χ1n) is 7.00. The number of carboxylic acids is 1. The lowest BCUT2D eigenvalue weighted by Gasteiger charge is -2.24. The number of imidazole rings is 1. The Morgan fingerprint density at radius 1 is 1.48 bits per heavy atom. The molecule has 0 unspecified atom stereocenters. The molecule has 6 heteroatoms. The summed E-state index contributed by atoms with van der Waals surface area (Å²) >= 11 is 1.25. The summed E-state index contributed by atoms with van der Waals surface area (Å²) in [5, 5.41) is 9.63. The number of hydrogen-bond acceptors (Lipinski definition) is 4. The lowest BCUT2D eigenvalue weighted by atomic mass is 9.90. The maximum Gasteiger partial charge on any atom is 0.313 e. The van der Waals surface area contributed by atoms with Gasteiger partial charge in [-0.05, 0) is 30.4 Å². The summed E-state index contributed by atoms with van der Waals surface area (Å²) in [5.74, 6) is -0.826. The zero-order valence-electron chi connectivity index (χ0n) is 12.9. The summed E-state index contributed by atoms with van der Waals surface area (Å²) in [6, 6.07) is 1.93. The Bertz CT molecular complexity index is 664. The first-order valence-corrected chi connectivity index (χ1v) is 7.99. The van der Waals surface area contributed by atoms with Crippen LogP contribution in [0.1, 0.15) is 32.8 Å². The van der Waals surface area contributed by atoms with Crippen LogP contribution < -0.4 is 0 Å². The fourth-order valence-electron chi connectivity index (χ4n) is 2.04.